The quantitative estimate of drug-likeness (QED) is 0.748. The molecule has 0 fully saturated rings. The van der Waals surface area contributed by atoms with Crippen LogP contribution >= 0.6 is 0 Å². The summed E-state index contributed by atoms with van der Waals surface area (Å²) in [7, 11) is 0. The van der Waals surface area contributed by atoms with Gasteiger partial charge in [0.1, 0.15) is 5.69 Å². The molecule has 0 aliphatic carbocycles. The number of H-pyrrole nitrogens is 1. The molecular formula is C18H22N6O. The highest BCUT2D eigenvalue weighted by atomic mass is 16.2. The second-order valence-electron chi connectivity index (χ2n) is 6.34. The van der Waals surface area contributed by atoms with Gasteiger partial charge in [0.15, 0.2) is 5.82 Å². The fraction of sp³-hybridized carbons (Fsp3) is 0.333. The minimum absolute atomic E-state index is 0.191. The second kappa shape index (κ2) is 6.88. The number of carbonyl (C=O) groups excluding carboxylic acids is 1. The van der Waals surface area contributed by atoms with Gasteiger partial charge in [0, 0.05) is 23.1 Å². The van der Waals surface area contributed by atoms with Crippen molar-refractivity contribution in [3.05, 3.63) is 59.3 Å². The maximum Gasteiger partial charge on any atom is 0.272 e. The number of pyridine rings is 1. The van der Waals surface area contributed by atoms with Crippen LogP contribution in [-0.4, -0.2) is 30.9 Å². The first-order valence-corrected chi connectivity index (χ1v) is 8.29. The molecule has 3 aromatic heterocycles. The van der Waals surface area contributed by atoms with E-state index in [-0.39, 0.29) is 11.9 Å². The van der Waals surface area contributed by atoms with Gasteiger partial charge < -0.3 is 5.32 Å². The lowest BCUT2D eigenvalue weighted by Crippen LogP contribution is -2.27. The third-order valence-corrected chi connectivity index (χ3v) is 4.18. The zero-order chi connectivity index (χ0) is 18.0. The number of aromatic nitrogens is 5. The van der Waals surface area contributed by atoms with Crippen molar-refractivity contribution in [3.63, 3.8) is 0 Å². The fourth-order valence-corrected chi connectivity index (χ4v) is 2.65. The second-order valence-corrected chi connectivity index (χ2v) is 6.34. The molecule has 0 saturated carbocycles. The summed E-state index contributed by atoms with van der Waals surface area (Å²) in [6.07, 6.45) is 3.49. The van der Waals surface area contributed by atoms with Gasteiger partial charge in [-0.3, -0.25) is 9.89 Å². The molecule has 0 radical (unpaired) electrons. The Morgan fingerprint density at radius 2 is 2.08 bits per heavy atom. The molecule has 130 valence electrons. The van der Waals surface area contributed by atoms with Crippen LogP contribution < -0.4 is 5.32 Å². The van der Waals surface area contributed by atoms with Gasteiger partial charge >= 0.3 is 0 Å². The Morgan fingerprint density at radius 1 is 1.28 bits per heavy atom. The van der Waals surface area contributed by atoms with E-state index >= 15 is 0 Å². The smallest absolute Gasteiger partial charge is 0.272 e. The van der Waals surface area contributed by atoms with E-state index in [0.717, 1.165) is 22.8 Å². The Morgan fingerprint density at radius 3 is 2.72 bits per heavy atom. The van der Waals surface area contributed by atoms with E-state index in [0.29, 0.717) is 11.6 Å². The van der Waals surface area contributed by atoms with Gasteiger partial charge in [-0.2, -0.15) is 10.2 Å². The normalized spacial score (nSPS) is 12.4. The molecule has 1 amide bonds. The minimum atomic E-state index is -0.208. The molecule has 1 atom stereocenters. The Hall–Kier alpha value is -2.96. The number of hydrogen-bond donors (Lipinski definition) is 2. The van der Waals surface area contributed by atoms with E-state index < -0.39 is 0 Å². The Bertz CT molecular complexity index is 865. The summed E-state index contributed by atoms with van der Waals surface area (Å²) >= 11 is 0. The van der Waals surface area contributed by atoms with Crippen molar-refractivity contribution in [1.29, 1.82) is 0 Å². The van der Waals surface area contributed by atoms with Gasteiger partial charge in [0.05, 0.1) is 12.2 Å². The van der Waals surface area contributed by atoms with Gasteiger partial charge in [-0.1, -0.05) is 19.9 Å². The Kier molecular flexibility index (Phi) is 4.65. The molecule has 0 spiro atoms. The highest BCUT2D eigenvalue weighted by Crippen LogP contribution is 2.20. The van der Waals surface area contributed by atoms with E-state index in [1.165, 1.54) is 0 Å². The molecule has 7 heteroatoms. The van der Waals surface area contributed by atoms with E-state index in [9.17, 15) is 4.79 Å². The van der Waals surface area contributed by atoms with E-state index in [1.54, 1.807) is 23.1 Å². The molecular weight excluding hydrogens is 316 g/mol. The maximum atomic E-state index is 12.4. The number of amides is 1. The maximum absolute atomic E-state index is 12.4. The molecule has 7 nitrogen and oxygen atoms in total. The first kappa shape index (κ1) is 16.9. The lowest BCUT2D eigenvalue weighted by Gasteiger charge is -2.13. The monoisotopic (exact) mass is 338 g/mol. The molecule has 3 rings (SSSR count). The summed E-state index contributed by atoms with van der Waals surface area (Å²) in [6.45, 7) is 7.99. The fourth-order valence-electron chi connectivity index (χ4n) is 2.65. The lowest BCUT2D eigenvalue weighted by atomic mass is 10.1. The molecule has 3 heterocycles. The van der Waals surface area contributed by atoms with Crippen LogP contribution in [0.15, 0.2) is 36.7 Å². The first-order chi connectivity index (χ1) is 12.0. The third-order valence-electron chi connectivity index (χ3n) is 4.18. The summed E-state index contributed by atoms with van der Waals surface area (Å²) in [4.78, 5) is 16.7. The standard InChI is InChI=1S/C18H22N6O/c1-11(2)15-9-16(23-22-15)18(25)21-12(3)14-10-20-24(13(14)4)17-7-5-6-8-19-17/h5-12H,1-4H3,(H,21,25)(H,22,23)/t12-/m1/s1. The average Bonchev–Trinajstić information content (AvgIpc) is 3.22. The summed E-state index contributed by atoms with van der Waals surface area (Å²) in [6, 6.07) is 7.27. The zero-order valence-electron chi connectivity index (χ0n) is 14.8. The Labute approximate surface area is 146 Å². The summed E-state index contributed by atoms with van der Waals surface area (Å²) in [5, 5.41) is 14.4. The zero-order valence-corrected chi connectivity index (χ0v) is 14.8. The van der Waals surface area contributed by atoms with Crippen molar-refractivity contribution >= 4 is 5.91 Å². The van der Waals surface area contributed by atoms with Crippen molar-refractivity contribution in [2.45, 2.75) is 39.7 Å². The van der Waals surface area contributed by atoms with Crippen LogP contribution in [-0.2, 0) is 0 Å². The highest BCUT2D eigenvalue weighted by molar-refractivity contribution is 5.92. The first-order valence-electron chi connectivity index (χ1n) is 8.29. The van der Waals surface area contributed by atoms with Crippen LogP contribution in [0.2, 0.25) is 0 Å². The minimum Gasteiger partial charge on any atom is -0.344 e. The van der Waals surface area contributed by atoms with Crippen LogP contribution in [0.4, 0.5) is 0 Å². The van der Waals surface area contributed by atoms with Crippen molar-refractivity contribution < 1.29 is 4.79 Å². The van der Waals surface area contributed by atoms with Crippen LogP contribution in [0.5, 0.6) is 0 Å². The van der Waals surface area contributed by atoms with Crippen LogP contribution in [0, 0.1) is 6.92 Å². The molecule has 25 heavy (non-hydrogen) atoms. The number of hydrogen-bond acceptors (Lipinski definition) is 4. The van der Waals surface area contributed by atoms with Crippen LogP contribution in [0.3, 0.4) is 0 Å². The highest BCUT2D eigenvalue weighted by Gasteiger charge is 2.19. The molecule has 0 bridgehead atoms. The van der Waals surface area contributed by atoms with E-state index in [1.807, 2.05) is 45.9 Å². The molecule has 0 aromatic carbocycles. The topological polar surface area (TPSA) is 88.5 Å². The van der Waals surface area contributed by atoms with Gasteiger partial charge in [0.2, 0.25) is 0 Å². The molecule has 3 aromatic rings. The van der Waals surface area contributed by atoms with E-state index in [2.05, 4.69) is 25.6 Å². The van der Waals surface area contributed by atoms with Crippen molar-refractivity contribution in [1.82, 2.24) is 30.3 Å². The Balaban J connectivity index is 1.76. The predicted octanol–water partition coefficient (Wildman–Crippen LogP) is 2.91. The third kappa shape index (κ3) is 3.45. The number of carbonyl (C=O) groups is 1. The van der Waals surface area contributed by atoms with Crippen molar-refractivity contribution in [2.24, 2.45) is 0 Å². The molecule has 0 unspecified atom stereocenters. The van der Waals surface area contributed by atoms with Crippen molar-refractivity contribution in [3.8, 4) is 5.82 Å². The van der Waals surface area contributed by atoms with E-state index in [4.69, 9.17) is 0 Å². The van der Waals surface area contributed by atoms with Gasteiger partial charge in [-0.25, -0.2) is 9.67 Å². The van der Waals surface area contributed by atoms with Gasteiger partial charge in [-0.15, -0.1) is 0 Å². The largest absolute Gasteiger partial charge is 0.344 e. The molecule has 0 aliphatic heterocycles. The summed E-state index contributed by atoms with van der Waals surface area (Å²) < 4.78 is 1.77. The lowest BCUT2D eigenvalue weighted by molar-refractivity contribution is 0.0934. The average molecular weight is 338 g/mol. The number of rotatable bonds is 5. The number of nitrogens with one attached hydrogen (secondary N) is 2. The van der Waals surface area contributed by atoms with Gasteiger partial charge in [0.25, 0.3) is 5.91 Å². The molecule has 2 N–H and O–H groups in total. The van der Waals surface area contributed by atoms with Gasteiger partial charge in [-0.05, 0) is 38.0 Å². The van der Waals surface area contributed by atoms with Crippen LogP contribution in [0.25, 0.3) is 5.82 Å². The summed E-state index contributed by atoms with van der Waals surface area (Å²) in [5.74, 6) is 0.838. The van der Waals surface area contributed by atoms with Crippen molar-refractivity contribution in [2.75, 3.05) is 0 Å². The SMILES string of the molecule is Cc1c([C@@H](C)NC(=O)c2cc(C(C)C)[nH]n2)cnn1-c1ccccn1. The molecule has 0 saturated heterocycles. The number of nitrogens with zero attached hydrogens (tertiary/aromatic N) is 4. The predicted molar refractivity (Wildman–Crippen MR) is 94.7 cm³/mol. The van der Waals surface area contributed by atoms with Crippen LogP contribution in [0.1, 0.15) is 60.2 Å². The molecule has 0 aliphatic rings. The number of aromatic amines is 1. The summed E-state index contributed by atoms with van der Waals surface area (Å²) in [5.41, 5.74) is 3.22.